The highest BCUT2D eigenvalue weighted by atomic mass is 19.1. The van der Waals surface area contributed by atoms with Crippen molar-refractivity contribution >= 4 is 10.9 Å². The molecule has 0 radical (unpaired) electrons. The molecule has 2 aromatic heterocycles. The quantitative estimate of drug-likeness (QED) is 0.552. The molecule has 4 aromatic rings. The molecule has 2 aromatic carbocycles. The van der Waals surface area contributed by atoms with Gasteiger partial charge in [-0.3, -0.25) is 9.67 Å². The lowest BCUT2D eigenvalue weighted by Gasteiger charge is -2.09. The lowest BCUT2D eigenvalue weighted by molar-refractivity contribution is 0.562. The Morgan fingerprint density at radius 2 is 1.84 bits per heavy atom. The second-order valence-corrected chi connectivity index (χ2v) is 6.00. The average Bonchev–Trinajstić information content (AvgIpc) is 2.99. The van der Waals surface area contributed by atoms with Crippen LogP contribution in [0, 0.1) is 11.6 Å². The maximum atomic E-state index is 14.6. The third-order valence-electron chi connectivity index (χ3n) is 4.22. The summed E-state index contributed by atoms with van der Waals surface area (Å²) in [5, 5.41) is 5.20. The zero-order valence-electron chi connectivity index (χ0n) is 13.6. The van der Waals surface area contributed by atoms with Gasteiger partial charge in [-0.1, -0.05) is 18.2 Å². The Labute approximate surface area is 143 Å². The van der Waals surface area contributed by atoms with Crippen molar-refractivity contribution in [2.24, 2.45) is 7.05 Å². The number of nitrogens with zero attached hydrogens (tertiary/aromatic N) is 3. The van der Waals surface area contributed by atoms with E-state index in [-0.39, 0.29) is 12.0 Å². The fourth-order valence-electron chi connectivity index (χ4n) is 3.05. The fraction of sp³-hybridized carbons (Fsp3) is 0.100. The third-order valence-corrected chi connectivity index (χ3v) is 4.22. The van der Waals surface area contributed by atoms with Gasteiger partial charge in [0.25, 0.3) is 0 Å². The highest BCUT2D eigenvalue weighted by molar-refractivity contribution is 5.94. The number of hydrogen-bond acceptors (Lipinski definition) is 2. The average molecular weight is 335 g/mol. The topological polar surface area (TPSA) is 30.7 Å². The zero-order valence-corrected chi connectivity index (χ0v) is 13.6. The molecule has 0 aliphatic carbocycles. The summed E-state index contributed by atoms with van der Waals surface area (Å²) in [6.07, 6.45) is 5.27. The molecule has 0 bridgehead atoms. The highest BCUT2D eigenvalue weighted by Gasteiger charge is 2.15. The monoisotopic (exact) mass is 335 g/mol. The molecule has 0 spiro atoms. The molecule has 0 saturated carbocycles. The number of halogens is 2. The van der Waals surface area contributed by atoms with Gasteiger partial charge in [-0.25, -0.2) is 8.78 Å². The normalized spacial score (nSPS) is 11.2. The van der Waals surface area contributed by atoms with E-state index >= 15 is 0 Å². The summed E-state index contributed by atoms with van der Waals surface area (Å²) in [4.78, 5) is 3.99. The number of hydrogen-bond donors (Lipinski definition) is 0. The van der Waals surface area contributed by atoms with E-state index in [0.717, 1.165) is 22.0 Å². The number of aromatic nitrogens is 3. The Morgan fingerprint density at radius 3 is 2.56 bits per heavy atom. The maximum absolute atomic E-state index is 14.6. The largest absolute Gasteiger partial charge is 0.275 e. The molecular formula is C20H15F2N3. The Kier molecular flexibility index (Phi) is 3.76. The number of rotatable bonds is 3. The van der Waals surface area contributed by atoms with Crippen LogP contribution in [-0.2, 0) is 13.5 Å². The van der Waals surface area contributed by atoms with Gasteiger partial charge in [-0.15, -0.1) is 0 Å². The summed E-state index contributed by atoms with van der Waals surface area (Å²) < 4.78 is 30.9. The van der Waals surface area contributed by atoms with Gasteiger partial charge >= 0.3 is 0 Å². The first-order valence-corrected chi connectivity index (χ1v) is 7.91. The summed E-state index contributed by atoms with van der Waals surface area (Å²) in [6, 6.07) is 11.9. The van der Waals surface area contributed by atoms with Crippen LogP contribution in [0.3, 0.4) is 0 Å². The summed E-state index contributed by atoms with van der Waals surface area (Å²) in [7, 11) is 1.82. The first-order valence-electron chi connectivity index (χ1n) is 7.91. The van der Waals surface area contributed by atoms with E-state index < -0.39 is 11.6 Å². The van der Waals surface area contributed by atoms with E-state index in [1.165, 1.54) is 12.1 Å². The van der Waals surface area contributed by atoms with Crippen molar-refractivity contribution in [3.8, 4) is 11.1 Å². The molecule has 0 aliphatic rings. The van der Waals surface area contributed by atoms with Crippen LogP contribution in [0.2, 0.25) is 0 Å². The van der Waals surface area contributed by atoms with Gasteiger partial charge in [-0.05, 0) is 41.0 Å². The van der Waals surface area contributed by atoms with E-state index in [4.69, 9.17) is 0 Å². The van der Waals surface area contributed by atoms with Gasteiger partial charge in [0.1, 0.15) is 11.6 Å². The van der Waals surface area contributed by atoms with Crippen LogP contribution < -0.4 is 0 Å². The SMILES string of the molecule is Cn1cc2c(-c3cc(F)c(Cc4cccnc4)c(F)c3)cccc2n1. The summed E-state index contributed by atoms with van der Waals surface area (Å²) in [5.41, 5.74) is 2.87. The molecule has 0 unspecified atom stereocenters. The van der Waals surface area contributed by atoms with Crippen molar-refractivity contribution in [3.05, 3.63) is 83.8 Å². The molecule has 5 heteroatoms. The second-order valence-electron chi connectivity index (χ2n) is 6.00. The van der Waals surface area contributed by atoms with Crippen molar-refractivity contribution in [2.45, 2.75) is 6.42 Å². The van der Waals surface area contributed by atoms with Crippen LogP contribution in [0.25, 0.3) is 22.0 Å². The molecule has 0 aliphatic heterocycles. The summed E-state index contributed by atoms with van der Waals surface area (Å²) >= 11 is 0. The summed E-state index contributed by atoms with van der Waals surface area (Å²) in [6.45, 7) is 0. The Balaban J connectivity index is 1.79. The van der Waals surface area contributed by atoms with Crippen LogP contribution in [0.1, 0.15) is 11.1 Å². The smallest absolute Gasteiger partial charge is 0.130 e. The zero-order chi connectivity index (χ0) is 17.4. The lowest BCUT2D eigenvalue weighted by atomic mass is 9.98. The number of benzene rings is 2. The first kappa shape index (κ1) is 15.4. The Hall–Kier alpha value is -3.08. The van der Waals surface area contributed by atoms with Crippen LogP contribution in [-0.4, -0.2) is 14.8 Å². The van der Waals surface area contributed by atoms with Crippen molar-refractivity contribution in [3.63, 3.8) is 0 Å². The van der Waals surface area contributed by atoms with Gasteiger partial charge in [0, 0.05) is 43.0 Å². The van der Waals surface area contributed by atoms with Crippen LogP contribution in [0.5, 0.6) is 0 Å². The minimum absolute atomic E-state index is 0.0510. The fourth-order valence-corrected chi connectivity index (χ4v) is 3.05. The number of fused-ring (bicyclic) bond motifs is 1. The molecule has 0 saturated heterocycles. The first-order chi connectivity index (χ1) is 12.1. The van der Waals surface area contributed by atoms with Crippen molar-refractivity contribution < 1.29 is 8.78 Å². The number of aryl methyl sites for hydroxylation is 1. The molecule has 0 amide bonds. The molecule has 2 heterocycles. The van der Waals surface area contributed by atoms with Crippen molar-refractivity contribution in [1.82, 2.24) is 14.8 Å². The summed E-state index contributed by atoms with van der Waals surface area (Å²) in [5.74, 6) is -1.11. The molecule has 124 valence electrons. The maximum Gasteiger partial charge on any atom is 0.130 e. The van der Waals surface area contributed by atoms with Crippen LogP contribution in [0.4, 0.5) is 8.78 Å². The Morgan fingerprint density at radius 1 is 1.04 bits per heavy atom. The Bertz CT molecular complexity index is 1030. The predicted molar refractivity (Wildman–Crippen MR) is 93.1 cm³/mol. The van der Waals surface area contributed by atoms with E-state index in [1.54, 1.807) is 29.2 Å². The third kappa shape index (κ3) is 2.89. The van der Waals surface area contributed by atoms with E-state index in [1.807, 2.05) is 31.4 Å². The van der Waals surface area contributed by atoms with E-state index in [2.05, 4.69) is 10.1 Å². The van der Waals surface area contributed by atoms with Crippen molar-refractivity contribution in [1.29, 1.82) is 0 Å². The highest BCUT2D eigenvalue weighted by Crippen LogP contribution is 2.31. The molecule has 25 heavy (non-hydrogen) atoms. The molecule has 0 atom stereocenters. The van der Waals surface area contributed by atoms with E-state index in [9.17, 15) is 8.78 Å². The minimum Gasteiger partial charge on any atom is -0.275 e. The molecule has 0 fully saturated rings. The van der Waals surface area contributed by atoms with Gasteiger partial charge in [0.05, 0.1) is 5.52 Å². The van der Waals surface area contributed by atoms with Crippen LogP contribution in [0.15, 0.2) is 61.1 Å². The van der Waals surface area contributed by atoms with Crippen molar-refractivity contribution in [2.75, 3.05) is 0 Å². The van der Waals surface area contributed by atoms with Gasteiger partial charge in [0.15, 0.2) is 0 Å². The van der Waals surface area contributed by atoms with Gasteiger partial charge in [-0.2, -0.15) is 5.10 Å². The minimum atomic E-state index is -0.556. The number of pyridine rings is 1. The molecular weight excluding hydrogens is 320 g/mol. The van der Waals surface area contributed by atoms with Crippen LogP contribution >= 0.6 is 0 Å². The van der Waals surface area contributed by atoms with Gasteiger partial charge < -0.3 is 0 Å². The molecule has 3 nitrogen and oxygen atoms in total. The molecule has 4 rings (SSSR count). The second kappa shape index (κ2) is 6.09. The lowest BCUT2D eigenvalue weighted by Crippen LogP contribution is -1.99. The van der Waals surface area contributed by atoms with Gasteiger partial charge in [0.2, 0.25) is 0 Å². The standard InChI is InChI=1S/C20H15F2N3/c1-25-12-17-15(5-2-6-20(17)24-25)14-9-18(21)16(19(22)10-14)8-13-4-3-7-23-11-13/h2-7,9-12H,8H2,1H3. The molecule has 0 N–H and O–H groups in total. The van der Waals surface area contributed by atoms with E-state index in [0.29, 0.717) is 5.56 Å². The predicted octanol–water partition coefficient (Wildman–Crippen LogP) is 4.50.